The molecule has 1 aromatic heterocycles. The second kappa shape index (κ2) is 4.23. The van der Waals surface area contributed by atoms with Gasteiger partial charge < -0.3 is 5.11 Å². The van der Waals surface area contributed by atoms with Crippen LogP contribution in [0.25, 0.3) is 0 Å². The lowest BCUT2D eigenvalue weighted by atomic mass is 9.84. The third-order valence-corrected chi connectivity index (χ3v) is 5.60. The van der Waals surface area contributed by atoms with Crippen LogP contribution in [0.1, 0.15) is 27.7 Å². The molecule has 1 aliphatic carbocycles. The highest BCUT2D eigenvalue weighted by Gasteiger charge is 2.45. The highest BCUT2D eigenvalue weighted by molar-refractivity contribution is 7.10. The number of benzene rings is 1. The van der Waals surface area contributed by atoms with Crippen LogP contribution in [0.5, 0.6) is 5.75 Å². The Hall–Kier alpha value is -1.03. The van der Waals surface area contributed by atoms with Gasteiger partial charge in [0.2, 0.25) is 0 Å². The molecule has 1 unspecified atom stereocenters. The predicted molar refractivity (Wildman–Crippen MR) is 77.8 cm³/mol. The van der Waals surface area contributed by atoms with E-state index in [1.807, 2.05) is 24.4 Å². The van der Waals surface area contributed by atoms with Gasteiger partial charge in [0.05, 0.1) is 10.4 Å². The quantitative estimate of drug-likeness (QED) is 0.844. The summed E-state index contributed by atoms with van der Waals surface area (Å²) in [6.07, 6.45) is 0.534. The molecule has 1 N–H and O–H groups in total. The van der Waals surface area contributed by atoms with Gasteiger partial charge in [-0.15, -0.1) is 11.3 Å². The first-order chi connectivity index (χ1) is 8.95. The van der Waals surface area contributed by atoms with Crippen molar-refractivity contribution in [1.82, 2.24) is 0 Å². The summed E-state index contributed by atoms with van der Waals surface area (Å²) in [5, 5.41) is 11.9. The van der Waals surface area contributed by atoms with Gasteiger partial charge in [-0.25, -0.2) is 0 Å². The van der Waals surface area contributed by atoms with Crippen molar-refractivity contribution in [3.63, 3.8) is 0 Å². The molecule has 0 aliphatic heterocycles. The van der Waals surface area contributed by atoms with Crippen LogP contribution in [0, 0.1) is 0 Å². The van der Waals surface area contributed by atoms with E-state index in [-0.39, 0.29) is 21.6 Å². The largest absolute Gasteiger partial charge is 0.506 e. The predicted octanol–water partition coefficient (Wildman–Crippen LogP) is 4.46. The van der Waals surface area contributed by atoms with Crippen molar-refractivity contribution in [2.45, 2.75) is 18.8 Å². The van der Waals surface area contributed by atoms with E-state index in [2.05, 4.69) is 0 Å². The monoisotopic (exact) mass is 312 g/mol. The number of hydrogen-bond acceptors (Lipinski definition) is 3. The molecule has 0 radical (unpaired) electrons. The van der Waals surface area contributed by atoms with Crippen molar-refractivity contribution >= 4 is 40.3 Å². The van der Waals surface area contributed by atoms with Crippen LogP contribution in [0.15, 0.2) is 23.6 Å². The van der Waals surface area contributed by atoms with E-state index in [0.29, 0.717) is 12.0 Å². The zero-order valence-corrected chi connectivity index (χ0v) is 12.4. The molecule has 2 aromatic rings. The Morgan fingerprint density at radius 3 is 2.74 bits per heavy atom. The summed E-state index contributed by atoms with van der Waals surface area (Å²) in [4.78, 5) is 13.7. The first-order valence-corrected chi connectivity index (χ1v) is 7.37. The number of aromatic hydroxyl groups is 1. The van der Waals surface area contributed by atoms with Gasteiger partial charge in [0.25, 0.3) is 0 Å². The van der Waals surface area contributed by atoms with Crippen LogP contribution in [0.3, 0.4) is 0 Å². The number of hydrogen-bond donors (Lipinski definition) is 1. The number of phenolic OH excluding ortho intramolecular Hbond substituents is 1. The SMILES string of the molecule is CC1(c2cccs2)Cc2cc(O)c(Cl)c(Cl)c2C1=O. The van der Waals surface area contributed by atoms with Crippen LogP contribution >= 0.6 is 34.5 Å². The second-order valence-electron chi connectivity index (χ2n) is 4.87. The molecule has 1 aliphatic rings. The fraction of sp³-hybridized carbons (Fsp3) is 0.214. The molecule has 1 aromatic carbocycles. The number of thiophene rings is 1. The molecule has 5 heteroatoms. The van der Waals surface area contributed by atoms with Gasteiger partial charge >= 0.3 is 0 Å². The summed E-state index contributed by atoms with van der Waals surface area (Å²) in [5.74, 6) is -0.106. The van der Waals surface area contributed by atoms with E-state index in [1.165, 1.54) is 0 Å². The average Bonchev–Trinajstić information content (AvgIpc) is 2.96. The number of rotatable bonds is 1. The second-order valence-corrected chi connectivity index (χ2v) is 6.58. The van der Waals surface area contributed by atoms with Crippen LogP contribution < -0.4 is 0 Å². The van der Waals surface area contributed by atoms with Gasteiger partial charge in [-0.05, 0) is 36.4 Å². The van der Waals surface area contributed by atoms with Gasteiger partial charge in [-0.2, -0.15) is 0 Å². The topological polar surface area (TPSA) is 37.3 Å². The Kier molecular flexibility index (Phi) is 2.89. The molecule has 1 heterocycles. The number of phenols is 1. The Bertz CT molecular complexity index is 679. The van der Waals surface area contributed by atoms with E-state index in [1.54, 1.807) is 17.4 Å². The van der Waals surface area contributed by atoms with E-state index in [0.717, 1.165) is 10.4 Å². The number of fused-ring (bicyclic) bond motifs is 1. The molecule has 0 spiro atoms. The highest BCUT2D eigenvalue weighted by atomic mass is 35.5. The molecular weight excluding hydrogens is 303 g/mol. The summed E-state index contributed by atoms with van der Waals surface area (Å²) < 4.78 is 0. The zero-order chi connectivity index (χ0) is 13.8. The van der Waals surface area contributed by atoms with Crippen molar-refractivity contribution in [3.8, 4) is 5.75 Å². The lowest BCUT2D eigenvalue weighted by Crippen LogP contribution is -2.28. The van der Waals surface area contributed by atoms with E-state index in [4.69, 9.17) is 23.2 Å². The van der Waals surface area contributed by atoms with Crippen molar-refractivity contribution < 1.29 is 9.90 Å². The fourth-order valence-corrected chi connectivity index (χ4v) is 3.92. The maximum atomic E-state index is 12.7. The molecular formula is C14H10Cl2O2S. The summed E-state index contributed by atoms with van der Waals surface area (Å²) in [6.45, 7) is 1.91. The number of Topliss-reactive ketones (excluding diaryl/α,β-unsaturated/α-hetero) is 1. The minimum Gasteiger partial charge on any atom is -0.506 e. The smallest absolute Gasteiger partial charge is 0.176 e. The molecule has 0 saturated carbocycles. The van der Waals surface area contributed by atoms with Crippen molar-refractivity contribution in [2.24, 2.45) is 0 Å². The number of carbonyl (C=O) groups excluding carboxylic acids is 1. The molecule has 1 atom stereocenters. The van der Waals surface area contributed by atoms with Gasteiger partial charge in [-0.3, -0.25) is 4.79 Å². The Morgan fingerprint density at radius 1 is 1.37 bits per heavy atom. The third-order valence-electron chi connectivity index (χ3n) is 3.61. The van der Waals surface area contributed by atoms with Crippen molar-refractivity contribution in [1.29, 1.82) is 0 Å². The summed E-state index contributed by atoms with van der Waals surface area (Å²) >= 11 is 13.6. The summed E-state index contributed by atoms with van der Waals surface area (Å²) in [5.41, 5.74) is 0.588. The van der Waals surface area contributed by atoms with Crippen LogP contribution in [-0.4, -0.2) is 10.9 Å². The zero-order valence-electron chi connectivity index (χ0n) is 10.0. The molecule has 0 bridgehead atoms. The lowest BCUT2D eigenvalue weighted by molar-refractivity contribution is 0.0918. The normalized spacial score (nSPS) is 21.7. The number of ketones is 1. The molecule has 98 valence electrons. The fourth-order valence-electron chi connectivity index (χ4n) is 2.58. The van der Waals surface area contributed by atoms with Gasteiger partial charge in [0, 0.05) is 10.4 Å². The summed E-state index contributed by atoms with van der Waals surface area (Å²) in [6, 6.07) is 5.41. The molecule has 2 nitrogen and oxygen atoms in total. The first-order valence-electron chi connectivity index (χ1n) is 5.74. The minimum atomic E-state index is -0.614. The maximum absolute atomic E-state index is 12.7. The van der Waals surface area contributed by atoms with E-state index >= 15 is 0 Å². The molecule has 0 saturated heterocycles. The van der Waals surface area contributed by atoms with Crippen LogP contribution in [0.2, 0.25) is 10.0 Å². The summed E-state index contributed by atoms with van der Waals surface area (Å²) in [7, 11) is 0. The number of carbonyl (C=O) groups is 1. The van der Waals surface area contributed by atoms with Gasteiger partial charge in [0.15, 0.2) is 5.78 Å². The van der Waals surface area contributed by atoms with Crippen molar-refractivity contribution in [2.75, 3.05) is 0 Å². The standard InChI is InChI=1S/C14H10Cl2O2S/c1-14(9-3-2-4-19-9)6-7-5-8(17)11(15)12(16)10(7)13(14)18/h2-5,17H,6H2,1H3. The highest BCUT2D eigenvalue weighted by Crippen LogP contribution is 2.47. The maximum Gasteiger partial charge on any atom is 0.176 e. The average molecular weight is 313 g/mol. The molecule has 0 fully saturated rings. The molecule has 3 rings (SSSR count). The lowest BCUT2D eigenvalue weighted by Gasteiger charge is -2.19. The molecule has 19 heavy (non-hydrogen) atoms. The van der Waals surface area contributed by atoms with E-state index in [9.17, 15) is 9.90 Å². The van der Waals surface area contributed by atoms with Crippen LogP contribution in [0.4, 0.5) is 0 Å². The Morgan fingerprint density at radius 2 is 2.11 bits per heavy atom. The third kappa shape index (κ3) is 1.72. The minimum absolute atomic E-state index is 0.0307. The Balaban J connectivity index is 2.20. The van der Waals surface area contributed by atoms with Gasteiger partial charge in [-0.1, -0.05) is 29.3 Å². The van der Waals surface area contributed by atoms with Crippen LogP contribution in [-0.2, 0) is 11.8 Å². The number of halogens is 2. The van der Waals surface area contributed by atoms with E-state index < -0.39 is 5.41 Å². The Labute approximate surface area is 124 Å². The molecule has 0 amide bonds. The van der Waals surface area contributed by atoms with Gasteiger partial charge in [0.1, 0.15) is 10.8 Å². The van der Waals surface area contributed by atoms with Crippen molar-refractivity contribution in [3.05, 3.63) is 49.6 Å². The first kappa shape index (κ1) is 13.0.